The van der Waals surface area contributed by atoms with Gasteiger partial charge in [0.2, 0.25) is 0 Å². The van der Waals surface area contributed by atoms with Crippen molar-refractivity contribution in [2.45, 2.75) is 164 Å². The molecule has 43 heavy (non-hydrogen) atoms. The fourth-order valence-electron chi connectivity index (χ4n) is 6.22. The molecule has 0 aliphatic rings. The number of nitrogens with zero attached hydrogens (tertiary/aromatic N) is 2. The van der Waals surface area contributed by atoms with Gasteiger partial charge in [-0.2, -0.15) is 0 Å². The van der Waals surface area contributed by atoms with E-state index < -0.39 is 0 Å². The maximum atomic E-state index is 9.51. The molecule has 0 radical (unpaired) electrons. The molecule has 0 saturated heterocycles. The molecule has 2 aromatic rings. The van der Waals surface area contributed by atoms with Gasteiger partial charge in [0.1, 0.15) is 0 Å². The topological polar surface area (TPSA) is 36.4 Å². The Morgan fingerprint density at radius 3 is 1.56 bits per heavy atom. The number of hydrogen-bond acceptors (Lipinski definition) is 0. The number of hydrogen-bond donors (Lipinski definition) is 0. The minimum atomic E-state index is 0.858. The summed E-state index contributed by atoms with van der Waals surface area (Å²) >= 11 is 0. The van der Waals surface area contributed by atoms with Gasteiger partial charge in [-0.3, -0.25) is 0 Å². The minimum Gasteiger partial charge on any atom is -0.348 e. The lowest BCUT2D eigenvalue weighted by atomic mass is 9.84. The highest BCUT2D eigenvalue weighted by molar-refractivity contribution is 5.84. The quantitative estimate of drug-likeness (QED) is 0.0461. The number of unbranched alkanes of at least 4 members (excludes halogenated alkanes) is 10. The first-order chi connectivity index (χ1) is 20.9. The van der Waals surface area contributed by atoms with Crippen LogP contribution in [-0.2, 0) is 19.3 Å². The molecule has 0 bridgehead atoms. The third-order valence-corrected chi connectivity index (χ3v) is 9.18. The zero-order valence-electron chi connectivity index (χ0n) is 29.0. The Bertz CT molecular complexity index is 1180. The molecule has 236 valence electrons. The molecule has 2 heteroatoms. The van der Waals surface area contributed by atoms with Crippen LogP contribution >= 0.6 is 0 Å². The molecule has 0 aliphatic carbocycles. The fraction of sp³-hybridized carbons (Fsp3) is 0.610. The van der Waals surface area contributed by atoms with E-state index in [1.165, 1.54) is 117 Å². The first-order valence-electron chi connectivity index (χ1n) is 17.8. The second-order valence-corrected chi connectivity index (χ2v) is 12.8. The van der Waals surface area contributed by atoms with Gasteiger partial charge in [-0.1, -0.05) is 116 Å². The van der Waals surface area contributed by atoms with Crippen LogP contribution in [-0.4, -0.2) is 10.7 Å². The summed E-state index contributed by atoms with van der Waals surface area (Å²) in [5.41, 5.74) is 23.0. The monoisotopic (exact) mass is 582 g/mol. The summed E-state index contributed by atoms with van der Waals surface area (Å²) in [5, 5.41) is 0. The van der Waals surface area contributed by atoms with Crippen LogP contribution in [0.5, 0.6) is 0 Å². The van der Waals surface area contributed by atoms with Crippen molar-refractivity contribution < 1.29 is 4.79 Å². The lowest BCUT2D eigenvalue weighted by molar-refractivity contribution is 0.00746. The number of aryl methyl sites for hydroxylation is 4. The Kier molecular flexibility index (Phi) is 17.9. The molecular formula is C41H62N2. The molecule has 0 spiro atoms. The van der Waals surface area contributed by atoms with Crippen LogP contribution in [0.25, 0.3) is 11.1 Å². The smallest absolute Gasteiger partial charge is 0.303 e. The van der Waals surface area contributed by atoms with Gasteiger partial charge in [0.25, 0.3) is 0 Å². The van der Waals surface area contributed by atoms with Crippen LogP contribution in [0.2, 0.25) is 0 Å². The van der Waals surface area contributed by atoms with E-state index in [9.17, 15) is 5.53 Å². The van der Waals surface area contributed by atoms with Gasteiger partial charge in [0.05, 0.1) is 5.57 Å². The molecule has 2 aromatic carbocycles. The van der Waals surface area contributed by atoms with E-state index in [0.717, 1.165) is 37.7 Å². The highest BCUT2D eigenvalue weighted by atomic mass is 14.8. The highest BCUT2D eigenvalue weighted by Crippen LogP contribution is 2.33. The summed E-state index contributed by atoms with van der Waals surface area (Å²) in [6, 6.07) is 9.76. The van der Waals surface area contributed by atoms with Crippen molar-refractivity contribution in [3.05, 3.63) is 86.0 Å². The van der Waals surface area contributed by atoms with Gasteiger partial charge in [0, 0.05) is 0 Å². The van der Waals surface area contributed by atoms with Crippen molar-refractivity contribution in [2.24, 2.45) is 0 Å². The molecule has 0 unspecified atom stereocenters. The van der Waals surface area contributed by atoms with Crippen LogP contribution in [0.1, 0.15) is 169 Å². The first kappa shape index (κ1) is 36.5. The SMILES string of the molecule is CCCCCCc1cc(C(=CC(=C=[N+]=[N-])CCCC)c2cc(C)c(C)c(C)c2)cc(CCCCCC)c1CCCCCC. The van der Waals surface area contributed by atoms with Gasteiger partial charge >= 0.3 is 5.87 Å². The molecule has 0 amide bonds. The summed E-state index contributed by atoms with van der Waals surface area (Å²) < 4.78 is 0. The van der Waals surface area contributed by atoms with Gasteiger partial charge in [-0.25, -0.2) is 0 Å². The van der Waals surface area contributed by atoms with Crippen LogP contribution in [0.3, 0.4) is 0 Å². The van der Waals surface area contributed by atoms with Gasteiger partial charge in [0.15, 0.2) is 0 Å². The highest BCUT2D eigenvalue weighted by Gasteiger charge is 2.17. The number of benzene rings is 2. The van der Waals surface area contributed by atoms with Gasteiger partial charge in [-0.15, -0.1) is 4.79 Å². The molecule has 2 rings (SSSR count). The van der Waals surface area contributed by atoms with E-state index in [-0.39, 0.29) is 0 Å². The fourth-order valence-corrected chi connectivity index (χ4v) is 6.22. The molecule has 0 saturated carbocycles. The van der Waals surface area contributed by atoms with Crippen molar-refractivity contribution in [1.29, 1.82) is 0 Å². The average molecular weight is 583 g/mol. The third kappa shape index (κ3) is 12.5. The zero-order chi connectivity index (χ0) is 31.5. The molecule has 0 aromatic heterocycles. The standard InChI is InChI=1S/C41H62N2/c1-8-12-16-19-23-36-29-39(30-37(24-20-17-13-9-2)40(36)25-21-18-14-10-3)41(28-35(31-43-42)22-15-11-4)38-26-32(5)34(7)33(6)27-38/h26-30H,8-25H2,1-7H3. The summed E-state index contributed by atoms with van der Waals surface area (Å²) in [5.74, 6) is 2.93. The first-order valence-corrected chi connectivity index (χ1v) is 17.8. The lowest BCUT2D eigenvalue weighted by Crippen LogP contribution is -2.05. The van der Waals surface area contributed by atoms with Crippen molar-refractivity contribution in [3.8, 4) is 0 Å². The molecule has 0 aliphatic heterocycles. The van der Waals surface area contributed by atoms with E-state index >= 15 is 0 Å². The summed E-state index contributed by atoms with van der Waals surface area (Å²) in [4.78, 5) is 3.36. The largest absolute Gasteiger partial charge is 0.348 e. The summed E-state index contributed by atoms with van der Waals surface area (Å²) in [7, 11) is 0. The minimum absolute atomic E-state index is 0.858. The molecule has 2 nitrogen and oxygen atoms in total. The third-order valence-electron chi connectivity index (χ3n) is 9.18. The van der Waals surface area contributed by atoms with E-state index in [1.807, 2.05) is 0 Å². The van der Waals surface area contributed by atoms with E-state index in [0.29, 0.717) is 0 Å². The van der Waals surface area contributed by atoms with Crippen molar-refractivity contribution in [3.63, 3.8) is 0 Å². The Balaban J connectivity index is 2.79. The van der Waals surface area contributed by atoms with Crippen LogP contribution in [0, 0.1) is 20.8 Å². The van der Waals surface area contributed by atoms with Gasteiger partial charge < -0.3 is 5.53 Å². The Labute approximate surface area is 265 Å². The van der Waals surface area contributed by atoms with Crippen LogP contribution in [0.15, 0.2) is 35.9 Å². The predicted molar refractivity (Wildman–Crippen MR) is 189 cm³/mol. The molecular weight excluding hydrogens is 520 g/mol. The second kappa shape index (κ2) is 21.1. The summed E-state index contributed by atoms with van der Waals surface area (Å²) in [6.07, 6.45) is 24.3. The van der Waals surface area contributed by atoms with Crippen molar-refractivity contribution >= 4 is 11.4 Å². The zero-order valence-corrected chi connectivity index (χ0v) is 29.0. The molecule has 0 fully saturated rings. The Morgan fingerprint density at radius 2 is 1.09 bits per heavy atom. The average Bonchev–Trinajstić information content (AvgIpc) is 3.00. The molecule has 0 atom stereocenters. The second-order valence-electron chi connectivity index (χ2n) is 12.8. The lowest BCUT2D eigenvalue weighted by Gasteiger charge is -2.21. The Morgan fingerprint density at radius 1 is 0.628 bits per heavy atom. The van der Waals surface area contributed by atoms with Gasteiger partial charge in [-0.05, 0) is 128 Å². The van der Waals surface area contributed by atoms with Crippen LogP contribution < -0.4 is 0 Å². The molecule has 0 N–H and O–H groups in total. The van der Waals surface area contributed by atoms with Crippen molar-refractivity contribution in [1.82, 2.24) is 0 Å². The molecule has 0 heterocycles. The van der Waals surface area contributed by atoms with Crippen LogP contribution in [0.4, 0.5) is 0 Å². The predicted octanol–water partition coefficient (Wildman–Crippen LogP) is 12.4. The van der Waals surface area contributed by atoms with E-state index in [2.05, 4.69) is 89.5 Å². The normalized spacial score (nSPS) is 11.5. The maximum Gasteiger partial charge on any atom is 0.303 e. The number of allylic oxidation sites excluding steroid dienone is 2. The van der Waals surface area contributed by atoms with E-state index in [4.69, 9.17) is 0 Å². The maximum absolute atomic E-state index is 9.51. The summed E-state index contributed by atoms with van der Waals surface area (Å²) in [6.45, 7) is 15.8. The number of rotatable bonds is 21. The van der Waals surface area contributed by atoms with E-state index in [1.54, 1.807) is 16.7 Å². The Hall–Kier alpha value is -2.66. The van der Waals surface area contributed by atoms with Crippen molar-refractivity contribution in [2.75, 3.05) is 0 Å².